The third-order valence-corrected chi connectivity index (χ3v) is 5.34. The SMILES string of the molecule is C[C@H]1[C@@H](c2ccccc2)c2ccccc2CCN1C(=O)c1cnnn1C. The first-order chi connectivity index (χ1) is 12.7. The Balaban J connectivity index is 1.79. The lowest BCUT2D eigenvalue weighted by molar-refractivity contribution is 0.0676. The first-order valence-corrected chi connectivity index (χ1v) is 8.95. The van der Waals surface area contributed by atoms with E-state index in [1.165, 1.54) is 16.7 Å². The van der Waals surface area contributed by atoms with Crippen LogP contribution in [0.15, 0.2) is 60.8 Å². The Hall–Kier alpha value is -2.95. The average molecular weight is 346 g/mol. The molecule has 2 aromatic carbocycles. The zero-order valence-corrected chi connectivity index (χ0v) is 15.0. The van der Waals surface area contributed by atoms with Crippen LogP contribution >= 0.6 is 0 Å². The maximum atomic E-state index is 13.2. The summed E-state index contributed by atoms with van der Waals surface area (Å²) in [6, 6.07) is 19.0. The third kappa shape index (κ3) is 2.79. The number of carbonyl (C=O) groups is 1. The smallest absolute Gasteiger partial charge is 0.274 e. The van der Waals surface area contributed by atoms with E-state index in [9.17, 15) is 4.79 Å². The number of nitrogens with zero attached hydrogens (tertiary/aromatic N) is 4. The molecule has 1 amide bonds. The molecular weight excluding hydrogens is 324 g/mol. The van der Waals surface area contributed by atoms with E-state index in [4.69, 9.17) is 0 Å². The molecule has 0 spiro atoms. The summed E-state index contributed by atoms with van der Waals surface area (Å²) in [4.78, 5) is 15.2. The highest BCUT2D eigenvalue weighted by molar-refractivity contribution is 5.92. The van der Waals surface area contributed by atoms with Gasteiger partial charge in [0.05, 0.1) is 6.20 Å². The predicted octanol–water partition coefficient (Wildman–Crippen LogP) is 3.03. The zero-order valence-electron chi connectivity index (χ0n) is 15.0. The van der Waals surface area contributed by atoms with E-state index >= 15 is 0 Å². The van der Waals surface area contributed by atoms with Crippen LogP contribution in [0.4, 0.5) is 0 Å². The maximum absolute atomic E-state index is 13.2. The summed E-state index contributed by atoms with van der Waals surface area (Å²) < 4.78 is 1.55. The molecule has 0 N–H and O–H groups in total. The Morgan fingerprint density at radius 3 is 2.54 bits per heavy atom. The Labute approximate surface area is 153 Å². The molecule has 0 bridgehead atoms. The summed E-state index contributed by atoms with van der Waals surface area (Å²) >= 11 is 0. The van der Waals surface area contributed by atoms with Crippen molar-refractivity contribution in [2.75, 3.05) is 6.54 Å². The number of hydrogen-bond acceptors (Lipinski definition) is 3. The molecule has 5 nitrogen and oxygen atoms in total. The molecule has 2 heterocycles. The lowest BCUT2D eigenvalue weighted by Crippen LogP contribution is -2.42. The van der Waals surface area contributed by atoms with Gasteiger partial charge in [0.15, 0.2) is 0 Å². The second kappa shape index (κ2) is 6.75. The van der Waals surface area contributed by atoms with Gasteiger partial charge in [0.1, 0.15) is 5.69 Å². The number of carbonyl (C=O) groups excluding carboxylic acids is 1. The van der Waals surface area contributed by atoms with Gasteiger partial charge in [0, 0.05) is 25.6 Å². The molecule has 5 heteroatoms. The van der Waals surface area contributed by atoms with E-state index in [1.54, 1.807) is 17.9 Å². The standard InChI is InChI=1S/C21H22N4O/c1-15-20(17-9-4-3-5-10-17)18-11-7-6-8-16(18)12-13-25(15)21(26)19-14-22-23-24(19)2/h3-11,14-15,20H,12-13H2,1-2H3/t15-,20-/m0/s1. The van der Waals surface area contributed by atoms with Crippen LogP contribution in [0.3, 0.4) is 0 Å². The zero-order chi connectivity index (χ0) is 18.1. The molecule has 1 aromatic heterocycles. The van der Waals surface area contributed by atoms with Crippen LogP contribution in [0.25, 0.3) is 0 Å². The molecule has 0 radical (unpaired) electrons. The van der Waals surface area contributed by atoms with Crippen LogP contribution in [0, 0.1) is 0 Å². The molecule has 0 saturated carbocycles. The summed E-state index contributed by atoms with van der Waals surface area (Å²) in [5, 5.41) is 7.79. The molecule has 26 heavy (non-hydrogen) atoms. The van der Waals surface area contributed by atoms with Gasteiger partial charge in [-0.1, -0.05) is 59.8 Å². The van der Waals surface area contributed by atoms with Crippen molar-refractivity contribution < 1.29 is 4.79 Å². The summed E-state index contributed by atoms with van der Waals surface area (Å²) in [5.41, 5.74) is 4.38. The Kier molecular flexibility index (Phi) is 4.29. The third-order valence-electron chi connectivity index (χ3n) is 5.34. The molecule has 132 valence electrons. The van der Waals surface area contributed by atoms with Gasteiger partial charge in [0.25, 0.3) is 5.91 Å². The minimum absolute atomic E-state index is 0.0151. The molecule has 1 aliphatic rings. The number of fused-ring (bicyclic) bond motifs is 1. The Morgan fingerprint density at radius 1 is 1.08 bits per heavy atom. The summed E-state index contributed by atoms with van der Waals surface area (Å²) in [6.45, 7) is 2.83. The molecule has 0 saturated heterocycles. The second-order valence-electron chi connectivity index (χ2n) is 6.82. The number of amides is 1. The van der Waals surface area contributed by atoms with Crippen LogP contribution in [0.2, 0.25) is 0 Å². The van der Waals surface area contributed by atoms with Crippen molar-refractivity contribution in [3.8, 4) is 0 Å². The molecular formula is C21H22N4O. The summed E-state index contributed by atoms with van der Waals surface area (Å²) in [7, 11) is 1.76. The second-order valence-corrected chi connectivity index (χ2v) is 6.82. The van der Waals surface area contributed by atoms with Crippen molar-refractivity contribution >= 4 is 5.91 Å². The number of aromatic nitrogens is 3. The first kappa shape index (κ1) is 16.5. The van der Waals surface area contributed by atoms with E-state index in [-0.39, 0.29) is 17.9 Å². The molecule has 0 fully saturated rings. The van der Waals surface area contributed by atoms with Gasteiger partial charge < -0.3 is 4.90 Å². The molecule has 3 aromatic rings. The monoisotopic (exact) mass is 346 g/mol. The largest absolute Gasteiger partial charge is 0.333 e. The molecule has 2 atom stereocenters. The number of benzene rings is 2. The first-order valence-electron chi connectivity index (χ1n) is 8.95. The van der Waals surface area contributed by atoms with E-state index in [2.05, 4.69) is 65.8 Å². The minimum atomic E-state index is -0.0151. The van der Waals surface area contributed by atoms with E-state index in [1.807, 2.05) is 11.0 Å². The van der Waals surface area contributed by atoms with Crippen molar-refractivity contribution in [2.24, 2.45) is 7.05 Å². The van der Waals surface area contributed by atoms with Crippen LogP contribution in [0.5, 0.6) is 0 Å². The molecule has 4 rings (SSSR count). The lowest BCUT2D eigenvalue weighted by atomic mass is 9.83. The fourth-order valence-corrected chi connectivity index (χ4v) is 3.99. The van der Waals surface area contributed by atoms with Gasteiger partial charge in [-0.05, 0) is 30.0 Å². The van der Waals surface area contributed by atoms with Crippen LogP contribution < -0.4 is 0 Å². The van der Waals surface area contributed by atoms with Gasteiger partial charge in [-0.3, -0.25) is 4.79 Å². The highest BCUT2D eigenvalue weighted by atomic mass is 16.2. The molecule has 1 aliphatic heterocycles. The maximum Gasteiger partial charge on any atom is 0.274 e. The minimum Gasteiger partial charge on any atom is -0.333 e. The van der Waals surface area contributed by atoms with Gasteiger partial charge in [-0.15, -0.1) is 5.10 Å². The van der Waals surface area contributed by atoms with E-state index in [0.29, 0.717) is 12.2 Å². The summed E-state index contributed by atoms with van der Waals surface area (Å²) in [5.74, 6) is 0.124. The Morgan fingerprint density at radius 2 is 1.81 bits per heavy atom. The van der Waals surface area contributed by atoms with Gasteiger partial charge in [-0.2, -0.15) is 0 Å². The van der Waals surface area contributed by atoms with Gasteiger partial charge in [0.2, 0.25) is 0 Å². The Bertz CT molecular complexity index is 919. The van der Waals surface area contributed by atoms with Gasteiger partial charge in [-0.25, -0.2) is 4.68 Å². The highest BCUT2D eigenvalue weighted by Crippen LogP contribution is 2.36. The van der Waals surface area contributed by atoms with Gasteiger partial charge >= 0.3 is 0 Å². The van der Waals surface area contributed by atoms with Crippen molar-refractivity contribution in [2.45, 2.75) is 25.3 Å². The van der Waals surface area contributed by atoms with Crippen molar-refractivity contribution in [1.82, 2.24) is 19.9 Å². The fraction of sp³-hybridized carbons (Fsp3) is 0.286. The van der Waals surface area contributed by atoms with E-state index in [0.717, 1.165) is 6.42 Å². The van der Waals surface area contributed by atoms with E-state index < -0.39 is 0 Å². The topological polar surface area (TPSA) is 51.0 Å². The summed E-state index contributed by atoms with van der Waals surface area (Å²) in [6.07, 6.45) is 2.39. The van der Waals surface area contributed by atoms with Crippen LogP contribution in [-0.2, 0) is 13.5 Å². The highest BCUT2D eigenvalue weighted by Gasteiger charge is 2.34. The normalized spacial score (nSPS) is 19.7. The van der Waals surface area contributed by atoms with Crippen molar-refractivity contribution in [3.05, 3.63) is 83.2 Å². The average Bonchev–Trinajstić information content (AvgIpc) is 3.03. The quantitative estimate of drug-likeness (QED) is 0.717. The van der Waals surface area contributed by atoms with Crippen molar-refractivity contribution in [3.63, 3.8) is 0 Å². The van der Waals surface area contributed by atoms with Crippen molar-refractivity contribution in [1.29, 1.82) is 0 Å². The van der Waals surface area contributed by atoms with Crippen LogP contribution in [0.1, 0.15) is 40.0 Å². The van der Waals surface area contributed by atoms with Crippen LogP contribution in [-0.4, -0.2) is 38.4 Å². The number of aryl methyl sites for hydroxylation is 1. The number of hydrogen-bond donors (Lipinski definition) is 0. The fourth-order valence-electron chi connectivity index (χ4n) is 3.99. The lowest BCUT2D eigenvalue weighted by Gasteiger charge is -2.33. The molecule has 0 aliphatic carbocycles. The molecule has 0 unspecified atom stereocenters. The number of rotatable bonds is 2. The predicted molar refractivity (Wildman–Crippen MR) is 99.9 cm³/mol.